The first-order chi connectivity index (χ1) is 6.77. The predicted molar refractivity (Wildman–Crippen MR) is 56.9 cm³/mol. The summed E-state index contributed by atoms with van der Waals surface area (Å²) in [7, 11) is 0. The molecule has 0 aliphatic carbocycles. The predicted octanol–water partition coefficient (Wildman–Crippen LogP) is 1.90. The maximum Gasteiger partial charge on any atom is 0.112 e. The third kappa shape index (κ3) is 3.09. The van der Waals surface area contributed by atoms with Crippen molar-refractivity contribution >= 4 is 0 Å². The van der Waals surface area contributed by atoms with Crippen LogP contribution in [-0.2, 0) is 4.74 Å². The Kier molecular flexibility index (Phi) is 4.56. The summed E-state index contributed by atoms with van der Waals surface area (Å²) in [6.07, 6.45) is 2.90. The van der Waals surface area contributed by atoms with Crippen LogP contribution in [0.1, 0.15) is 32.1 Å². The minimum Gasteiger partial charge on any atom is -0.368 e. The van der Waals surface area contributed by atoms with Crippen LogP contribution in [0.5, 0.6) is 0 Å². The van der Waals surface area contributed by atoms with Gasteiger partial charge in [-0.15, -0.1) is 0 Å². The first-order valence-electron chi connectivity index (χ1n) is 5.04. The molecule has 0 aromatic carbocycles. The van der Waals surface area contributed by atoms with E-state index in [9.17, 15) is 0 Å². The molecule has 0 amide bonds. The van der Waals surface area contributed by atoms with E-state index in [2.05, 4.69) is 11.9 Å². The van der Waals surface area contributed by atoms with E-state index in [1.807, 2.05) is 25.1 Å². The van der Waals surface area contributed by atoms with Crippen LogP contribution in [0.4, 0.5) is 0 Å². The van der Waals surface area contributed by atoms with Crippen molar-refractivity contribution < 1.29 is 4.74 Å². The standard InChI is InChI=1S/C11H18N2O/c1-3-9(2)14-11(8-12)10-6-4-5-7-13-10/h4-7,9,11H,3,8,12H2,1-2H3. The molecule has 0 aliphatic rings. The third-order valence-corrected chi connectivity index (χ3v) is 2.20. The van der Waals surface area contributed by atoms with Crippen molar-refractivity contribution in [1.29, 1.82) is 0 Å². The zero-order valence-electron chi connectivity index (χ0n) is 8.81. The number of hydrogen-bond acceptors (Lipinski definition) is 3. The zero-order chi connectivity index (χ0) is 10.4. The van der Waals surface area contributed by atoms with Crippen molar-refractivity contribution in [2.45, 2.75) is 32.5 Å². The Labute approximate surface area is 85.3 Å². The van der Waals surface area contributed by atoms with E-state index in [-0.39, 0.29) is 12.2 Å². The van der Waals surface area contributed by atoms with Gasteiger partial charge in [-0.3, -0.25) is 4.98 Å². The van der Waals surface area contributed by atoms with Crippen LogP contribution in [0, 0.1) is 0 Å². The summed E-state index contributed by atoms with van der Waals surface area (Å²) in [6, 6.07) is 5.78. The highest BCUT2D eigenvalue weighted by molar-refractivity contribution is 5.07. The van der Waals surface area contributed by atoms with E-state index in [1.54, 1.807) is 6.20 Å². The summed E-state index contributed by atoms with van der Waals surface area (Å²) in [4.78, 5) is 4.23. The maximum atomic E-state index is 5.75. The highest BCUT2D eigenvalue weighted by atomic mass is 16.5. The van der Waals surface area contributed by atoms with Gasteiger partial charge in [-0.05, 0) is 25.5 Å². The van der Waals surface area contributed by atoms with Crippen LogP contribution in [0.2, 0.25) is 0 Å². The second-order valence-corrected chi connectivity index (χ2v) is 3.33. The molecule has 1 aromatic rings. The molecule has 2 N–H and O–H groups in total. The largest absolute Gasteiger partial charge is 0.368 e. The minimum absolute atomic E-state index is 0.0776. The lowest BCUT2D eigenvalue weighted by molar-refractivity contribution is -0.00227. The lowest BCUT2D eigenvalue weighted by Gasteiger charge is -2.19. The normalized spacial score (nSPS) is 15.1. The molecule has 3 nitrogen and oxygen atoms in total. The van der Waals surface area contributed by atoms with Crippen LogP contribution in [0.15, 0.2) is 24.4 Å². The topological polar surface area (TPSA) is 48.1 Å². The van der Waals surface area contributed by atoms with Crippen molar-refractivity contribution in [1.82, 2.24) is 4.98 Å². The van der Waals surface area contributed by atoms with Crippen LogP contribution < -0.4 is 5.73 Å². The Morgan fingerprint density at radius 3 is 2.79 bits per heavy atom. The zero-order valence-corrected chi connectivity index (χ0v) is 8.81. The van der Waals surface area contributed by atoms with Crippen LogP contribution in [-0.4, -0.2) is 17.6 Å². The quantitative estimate of drug-likeness (QED) is 0.778. The number of hydrogen-bond donors (Lipinski definition) is 1. The minimum atomic E-state index is -0.0776. The second-order valence-electron chi connectivity index (χ2n) is 3.33. The Bertz CT molecular complexity index is 251. The molecule has 1 heterocycles. The molecule has 0 radical (unpaired) electrons. The molecule has 2 unspecified atom stereocenters. The molecule has 78 valence electrons. The molecule has 1 aromatic heterocycles. The number of rotatable bonds is 5. The van der Waals surface area contributed by atoms with Crippen molar-refractivity contribution in [3.63, 3.8) is 0 Å². The summed E-state index contributed by atoms with van der Waals surface area (Å²) >= 11 is 0. The number of aromatic nitrogens is 1. The second kappa shape index (κ2) is 5.73. The van der Waals surface area contributed by atoms with E-state index >= 15 is 0 Å². The van der Waals surface area contributed by atoms with E-state index in [1.165, 1.54) is 0 Å². The number of ether oxygens (including phenoxy) is 1. The molecule has 0 saturated heterocycles. The van der Waals surface area contributed by atoms with Gasteiger partial charge in [-0.2, -0.15) is 0 Å². The smallest absolute Gasteiger partial charge is 0.112 e. The molecule has 1 rings (SSSR count). The summed E-state index contributed by atoms with van der Waals surface area (Å²) in [6.45, 7) is 4.61. The Morgan fingerprint density at radius 2 is 2.29 bits per heavy atom. The highest BCUT2D eigenvalue weighted by Gasteiger charge is 2.13. The average molecular weight is 194 g/mol. The van der Waals surface area contributed by atoms with Crippen molar-refractivity contribution in [3.05, 3.63) is 30.1 Å². The first-order valence-corrected chi connectivity index (χ1v) is 5.04. The lowest BCUT2D eigenvalue weighted by atomic mass is 10.2. The summed E-state index contributed by atoms with van der Waals surface area (Å²) in [5, 5.41) is 0. The summed E-state index contributed by atoms with van der Waals surface area (Å²) in [5.74, 6) is 0. The Balaban J connectivity index is 2.63. The summed E-state index contributed by atoms with van der Waals surface area (Å²) < 4.78 is 5.75. The Hall–Kier alpha value is -0.930. The van der Waals surface area contributed by atoms with Crippen molar-refractivity contribution in [2.24, 2.45) is 5.73 Å². The molecular weight excluding hydrogens is 176 g/mol. The van der Waals surface area contributed by atoms with E-state index in [0.717, 1.165) is 12.1 Å². The van der Waals surface area contributed by atoms with E-state index in [0.29, 0.717) is 6.54 Å². The SMILES string of the molecule is CCC(C)OC(CN)c1ccccn1. The van der Waals surface area contributed by atoms with Crippen LogP contribution in [0.25, 0.3) is 0 Å². The highest BCUT2D eigenvalue weighted by Crippen LogP contribution is 2.16. The number of nitrogens with zero attached hydrogens (tertiary/aromatic N) is 1. The molecule has 0 bridgehead atoms. The van der Waals surface area contributed by atoms with Gasteiger partial charge in [0.2, 0.25) is 0 Å². The molecule has 3 heteroatoms. The van der Waals surface area contributed by atoms with Gasteiger partial charge in [0.05, 0.1) is 11.8 Å². The molecule has 0 fully saturated rings. The van der Waals surface area contributed by atoms with Crippen LogP contribution >= 0.6 is 0 Å². The van der Waals surface area contributed by atoms with Crippen molar-refractivity contribution in [2.75, 3.05) is 6.54 Å². The monoisotopic (exact) mass is 194 g/mol. The van der Waals surface area contributed by atoms with Crippen LogP contribution in [0.3, 0.4) is 0 Å². The molecule has 0 spiro atoms. The average Bonchev–Trinajstić information content (AvgIpc) is 2.26. The fourth-order valence-electron chi connectivity index (χ4n) is 1.19. The first kappa shape index (κ1) is 11.1. The van der Waals surface area contributed by atoms with Gasteiger partial charge in [0.1, 0.15) is 6.10 Å². The number of nitrogens with two attached hydrogens (primary N) is 1. The molecule has 0 saturated carbocycles. The van der Waals surface area contributed by atoms with E-state index < -0.39 is 0 Å². The molecule has 14 heavy (non-hydrogen) atoms. The third-order valence-electron chi connectivity index (χ3n) is 2.20. The summed E-state index contributed by atoms with van der Waals surface area (Å²) in [5.41, 5.74) is 6.56. The van der Waals surface area contributed by atoms with Gasteiger partial charge in [-0.1, -0.05) is 13.0 Å². The Morgan fingerprint density at radius 1 is 1.50 bits per heavy atom. The molecule has 2 atom stereocenters. The fraction of sp³-hybridized carbons (Fsp3) is 0.545. The fourth-order valence-corrected chi connectivity index (χ4v) is 1.19. The van der Waals surface area contributed by atoms with Gasteiger partial charge in [0.25, 0.3) is 0 Å². The van der Waals surface area contributed by atoms with Gasteiger partial charge >= 0.3 is 0 Å². The van der Waals surface area contributed by atoms with Gasteiger partial charge in [0.15, 0.2) is 0 Å². The van der Waals surface area contributed by atoms with Gasteiger partial charge in [-0.25, -0.2) is 0 Å². The molecular formula is C11H18N2O. The molecule has 0 aliphatic heterocycles. The van der Waals surface area contributed by atoms with Crippen molar-refractivity contribution in [3.8, 4) is 0 Å². The van der Waals surface area contributed by atoms with Gasteiger partial charge < -0.3 is 10.5 Å². The maximum absolute atomic E-state index is 5.75. The van der Waals surface area contributed by atoms with Gasteiger partial charge in [0, 0.05) is 12.7 Å². The lowest BCUT2D eigenvalue weighted by Crippen LogP contribution is -2.21. The van der Waals surface area contributed by atoms with E-state index in [4.69, 9.17) is 10.5 Å². The number of pyridine rings is 1.